The first kappa shape index (κ1) is 12.3. The largest absolute Gasteiger partial charge is 0.385 e. The number of thioether (sulfide) groups is 1. The van der Waals surface area contributed by atoms with Gasteiger partial charge in [-0.2, -0.15) is 11.8 Å². The average Bonchev–Trinajstić information content (AvgIpc) is 2.36. The first-order valence-corrected chi connectivity index (χ1v) is 7.34. The van der Waals surface area contributed by atoms with Crippen LogP contribution in [0.2, 0.25) is 0 Å². The van der Waals surface area contributed by atoms with Crippen LogP contribution in [0.25, 0.3) is 0 Å². The minimum absolute atomic E-state index is 0.0927. The number of rotatable bonds is 4. The van der Waals surface area contributed by atoms with Crippen molar-refractivity contribution in [2.45, 2.75) is 19.3 Å². The lowest BCUT2D eigenvalue weighted by atomic mass is 10.0. The van der Waals surface area contributed by atoms with Gasteiger partial charge in [0.05, 0.1) is 0 Å². The quantitative estimate of drug-likeness (QED) is 0.863. The van der Waals surface area contributed by atoms with E-state index < -0.39 is 0 Å². The van der Waals surface area contributed by atoms with Crippen LogP contribution < -0.4 is 10.6 Å². The smallest absolute Gasteiger partial charge is 0.225 e. The summed E-state index contributed by atoms with van der Waals surface area (Å²) in [4.78, 5) is 11.6. The summed E-state index contributed by atoms with van der Waals surface area (Å²) in [7, 11) is 0. The lowest BCUT2D eigenvalue weighted by molar-refractivity contribution is -0.115. The number of amides is 1. The van der Waals surface area contributed by atoms with Crippen molar-refractivity contribution in [2.24, 2.45) is 0 Å². The van der Waals surface area contributed by atoms with Crippen LogP contribution in [0.1, 0.15) is 18.4 Å². The van der Waals surface area contributed by atoms with Crippen molar-refractivity contribution >= 4 is 29.0 Å². The minimum Gasteiger partial charge on any atom is -0.385 e. The van der Waals surface area contributed by atoms with Crippen LogP contribution in [-0.4, -0.2) is 24.5 Å². The zero-order chi connectivity index (χ0) is 12.1. The highest BCUT2D eigenvalue weighted by atomic mass is 32.2. The number of benzene rings is 1. The lowest BCUT2D eigenvalue weighted by Gasteiger charge is -2.18. The maximum absolute atomic E-state index is 11.6. The van der Waals surface area contributed by atoms with Gasteiger partial charge in [0.1, 0.15) is 0 Å². The Labute approximate surface area is 106 Å². The lowest BCUT2D eigenvalue weighted by Crippen LogP contribution is -2.14. The van der Waals surface area contributed by atoms with Gasteiger partial charge in [-0.15, -0.1) is 0 Å². The third-order valence-corrected chi connectivity index (χ3v) is 3.48. The van der Waals surface area contributed by atoms with Crippen molar-refractivity contribution in [3.05, 3.63) is 23.8 Å². The normalized spacial score (nSPS) is 13.7. The van der Waals surface area contributed by atoms with Crippen LogP contribution in [-0.2, 0) is 11.2 Å². The topological polar surface area (TPSA) is 41.1 Å². The molecule has 1 aliphatic heterocycles. The summed E-state index contributed by atoms with van der Waals surface area (Å²) in [6, 6.07) is 6.12. The molecule has 0 saturated heterocycles. The molecule has 0 aromatic heterocycles. The number of nitrogens with one attached hydrogen (secondary N) is 2. The molecule has 0 unspecified atom stereocenters. The van der Waals surface area contributed by atoms with Crippen molar-refractivity contribution in [2.75, 3.05) is 29.2 Å². The number of carbonyl (C=O) groups excluding carboxylic acids is 1. The molecule has 0 radical (unpaired) electrons. The van der Waals surface area contributed by atoms with E-state index in [1.807, 2.05) is 18.4 Å². The highest BCUT2D eigenvalue weighted by Crippen LogP contribution is 2.25. The van der Waals surface area contributed by atoms with Crippen LogP contribution in [0.5, 0.6) is 0 Å². The minimum atomic E-state index is 0.0927. The number of hydrogen-bond acceptors (Lipinski definition) is 3. The second-order valence-corrected chi connectivity index (χ2v) is 5.18. The Hall–Kier alpha value is -1.16. The molecule has 92 valence electrons. The third-order valence-electron chi connectivity index (χ3n) is 2.87. The van der Waals surface area contributed by atoms with E-state index in [1.165, 1.54) is 17.7 Å². The number of hydrogen-bond donors (Lipinski definition) is 2. The van der Waals surface area contributed by atoms with Crippen LogP contribution in [0.3, 0.4) is 0 Å². The summed E-state index contributed by atoms with van der Waals surface area (Å²) in [5.41, 5.74) is 3.40. The molecule has 4 heteroatoms. The van der Waals surface area contributed by atoms with Crippen molar-refractivity contribution < 1.29 is 4.79 Å². The van der Waals surface area contributed by atoms with Gasteiger partial charge in [-0.3, -0.25) is 4.79 Å². The molecule has 0 saturated carbocycles. The molecule has 2 N–H and O–H groups in total. The van der Waals surface area contributed by atoms with Crippen LogP contribution in [0.4, 0.5) is 11.4 Å². The standard InChI is InChI=1S/C13H18N2OS/c1-17-8-6-13(16)15-11-5-4-10-3-2-7-14-12(10)9-11/h4-5,9,14H,2-3,6-8H2,1H3,(H,15,16). The van der Waals surface area contributed by atoms with Crippen molar-refractivity contribution in [1.82, 2.24) is 0 Å². The maximum Gasteiger partial charge on any atom is 0.225 e. The summed E-state index contributed by atoms with van der Waals surface area (Å²) < 4.78 is 0. The highest BCUT2D eigenvalue weighted by Gasteiger charge is 2.09. The molecule has 1 amide bonds. The van der Waals surface area contributed by atoms with Gasteiger partial charge in [0.25, 0.3) is 0 Å². The predicted molar refractivity (Wildman–Crippen MR) is 74.9 cm³/mol. The van der Waals surface area contributed by atoms with E-state index >= 15 is 0 Å². The summed E-state index contributed by atoms with van der Waals surface area (Å²) >= 11 is 1.69. The van der Waals surface area contributed by atoms with E-state index in [0.29, 0.717) is 6.42 Å². The second kappa shape index (κ2) is 5.96. The zero-order valence-corrected chi connectivity index (χ0v) is 10.9. The molecular weight excluding hydrogens is 232 g/mol. The summed E-state index contributed by atoms with van der Waals surface area (Å²) in [6.45, 7) is 1.02. The number of carbonyl (C=O) groups is 1. The Bertz CT molecular complexity index is 406. The van der Waals surface area contributed by atoms with Crippen molar-refractivity contribution in [3.63, 3.8) is 0 Å². The van der Waals surface area contributed by atoms with E-state index in [9.17, 15) is 4.79 Å². The van der Waals surface area contributed by atoms with E-state index in [2.05, 4.69) is 16.7 Å². The molecule has 2 rings (SSSR count). The van der Waals surface area contributed by atoms with E-state index in [0.717, 1.165) is 24.4 Å². The molecule has 0 bridgehead atoms. The highest BCUT2D eigenvalue weighted by molar-refractivity contribution is 7.98. The van der Waals surface area contributed by atoms with Crippen LogP contribution in [0.15, 0.2) is 18.2 Å². The Balaban J connectivity index is 1.99. The van der Waals surface area contributed by atoms with Gasteiger partial charge in [0.15, 0.2) is 0 Å². The predicted octanol–water partition coefficient (Wildman–Crippen LogP) is 2.74. The molecule has 3 nitrogen and oxygen atoms in total. The average molecular weight is 250 g/mol. The van der Waals surface area contributed by atoms with E-state index in [4.69, 9.17) is 0 Å². The number of aryl methyl sites for hydroxylation is 1. The van der Waals surface area contributed by atoms with E-state index in [1.54, 1.807) is 11.8 Å². The zero-order valence-electron chi connectivity index (χ0n) is 10.1. The fraction of sp³-hybridized carbons (Fsp3) is 0.462. The fourth-order valence-electron chi connectivity index (χ4n) is 1.96. The molecule has 0 spiro atoms. The molecule has 0 aliphatic carbocycles. The molecule has 1 aliphatic rings. The second-order valence-electron chi connectivity index (χ2n) is 4.19. The van der Waals surface area contributed by atoms with Crippen LogP contribution >= 0.6 is 11.8 Å². The molecule has 1 heterocycles. The fourth-order valence-corrected chi connectivity index (χ4v) is 2.35. The number of anilines is 2. The monoisotopic (exact) mass is 250 g/mol. The van der Waals surface area contributed by atoms with Gasteiger partial charge in [0.2, 0.25) is 5.91 Å². The van der Waals surface area contributed by atoms with Gasteiger partial charge >= 0.3 is 0 Å². The third kappa shape index (κ3) is 3.40. The van der Waals surface area contributed by atoms with Crippen molar-refractivity contribution in [3.8, 4) is 0 Å². The molecular formula is C13H18N2OS. The number of fused-ring (bicyclic) bond motifs is 1. The van der Waals surface area contributed by atoms with Gasteiger partial charge in [-0.05, 0) is 36.8 Å². The van der Waals surface area contributed by atoms with Crippen molar-refractivity contribution in [1.29, 1.82) is 0 Å². The molecule has 1 aromatic carbocycles. The first-order valence-electron chi connectivity index (χ1n) is 5.95. The Morgan fingerprint density at radius 2 is 2.41 bits per heavy atom. The first-order chi connectivity index (χ1) is 8.29. The van der Waals surface area contributed by atoms with Gasteiger partial charge in [0, 0.05) is 30.1 Å². The van der Waals surface area contributed by atoms with Crippen LogP contribution in [0, 0.1) is 0 Å². The Kier molecular flexibility index (Phi) is 4.31. The Morgan fingerprint density at radius 3 is 3.24 bits per heavy atom. The van der Waals surface area contributed by atoms with Gasteiger partial charge in [-0.1, -0.05) is 6.07 Å². The summed E-state index contributed by atoms with van der Waals surface area (Å²) in [5.74, 6) is 0.963. The van der Waals surface area contributed by atoms with E-state index in [-0.39, 0.29) is 5.91 Å². The molecule has 17 heavy (non-hydrogen) atoms. The maximum atomic E-state index is 11.6. The summed E-state index contributed by atoms with van der Waals surface area (Å²) in [5, 5.41) is 6.30. The molecule has 0 fully saturated rings. The molecule has 0 atom stereocenters. The van der Waals surface area contributed by atoms with Gasteiger partial charge in [-0.25, -0.2) is 0 Å². The Morgan fingerprint density at radius 1 is 1.53 bits per heavy atom. The SMILES string of the molecule is CSCCC(=O)Nc1ccc2c(c1)NCCC2. The summed E-state index contributed by atoms with van der Waals surface area (Å²) in [6.07, 6.45) is 4.90. The molecule has 1 aromatic rings. The van der Waals surface area contributed by atoms with Gasteiger partial charge < -0.3 is 10.6 Å².